The van der Waals surface area contributed by atoms with Crippen LogP contribution >= 0.6 is 11.3 Å². The highest BCUT2D eigenvalue weighted by Gasteiger charge is 2.34. The molecule has 0 saturated heterocycles. The minimum Gasteiger partial charge on any atom is -0.477 e. The molecule has 28 heavy (non-hydrogen) atoms. The van der Waals surface area contributed by atoms with Crippen molar-refractivity contribution in [1.82, 2.24) is 0 Å². The number of carbonyl (C=O) groups excluding carboxylic acids is 1. The topological polar surface area (TPSA) is 66.4 Å². The third-order valence-corrected chi connectivity index (χ3v) is 6.44. The van der Waals surface area contributed by atoms with E-state index in [2.05, 4.69) is 5.32 Å². The third-order valence-electron chi connectivity index (χ3n) is 5.15. The summed E-state index contributed by atoms with van der Waals surface area (Å²) < 4.78 is 13.8. The van der Waals surface area contributed by atoms with Gasteiger partial charge in [-0.1, -0.05) is 30.3 Å². The molecule has 1 atom stereocenters. The number of thiophene rings is 1. The molecular formula is C22H18FNO3S. The number of amides is 1. The zero-order chi connectivity index (χ0) is 20.0. The first kappa shape index (κ1) is 18.4. The van der Waals surface area contributed by atoms with Crippen LogP contribution in [0, 0.1) is 19.7 Å². The largest absolute Gasteiger partial charge is 0.477 e. The Hall–Kier alpha value is -2.99. The number of carbonyl (C=O) groups is 2. The first-order valence-electron chi connectivity index (χ1n) is 8.88. The van der Waals surface area contributed by atoms with Crippen molar-refractivity contribution in [2.24, 2.45) is 0 Å². The van der Waals surface area contributed by atoms with Gasteiger partial charge in [0.25, 0.3) is 0 Å². The number of rotatable bonds is 3. The summed E-state index contributed by atoms with van der Waals surface area (Å²) in [5.74, 6) is -1.95. The van der Waals surface area contributed by atoms with Gasteiger partial charge in [-0.15, -0.1) is 11.3 Å². The predicted octanol–water partition coefficient (Wildman–Crippen LogP) is 5.34. The standard InChI is InChI=1S/C22H18FNO3S/c1-11-6-7-13(8-12(11)2)16-10-17(25)24-19-18(14-4-3-5-15(23)9-14)21(22(26)27)28-20(16)19/h3-9,16H,10H2,1-2H3,(H,24,25)(H,26,27). The highest BCUT2D eigenvalue weighted by Crippen LogP contribution is 2.49. The third kappa shape index (κ3) is 3.10. The number of halogens is 1. The number of aryl methyl sites for hydroxylation is 2. The maximum atomic E-state index is 13.8. The number of hydrogen-bond donors (Lipinski definition) is 2. The van der Waals surface area contributed by atoms with E-state index >= 15 is 0 Å². The maximum absolute atomic E-state index is 13.8. The number of hydrogen-bond acceptors (Lipinski definition) is 3. The molecule has 0 aliphatic carbocycles. The zero-order valence-corrected chi connectivity index (χ0v) is 16.2. The van der Waals surface area contributed by atoms with Crippen LogP contribution in [0.2, 0.25) is 0 Å². The zero-order valence-electron chi connectivity index (χ0n) is 15.4. The number of carboxylic acids is 1. The highest BCUT2D eigenvalue weighted by molar-refractivity contribution is 7.15. The van der Waals surface area contributed by atoms with Gasteiger partial charge in [0.15, 0.2) is 0 Å². The Labute approximate surface area is 165 Å². The van der Waals surface area contributed by atoms with Gasteiger partial charge in [0, 0.05) is 22.8 Å². The van der Waals surface area contributed by atoms with Gasteiger partial charge in [0.05, 0.1) is 5.69 Å². The first-order chi connectivity index (χ1) is 13.3. The summed E-state index contributed by atoms with van der Waals surface area (Å²) in [5, 5.41) is 12.6. The van der Waals surface area contributed by atoms with Crippen LogP contribution < -0.4 is 5.32 Å². The number of benzene rings is 2. The Kier molecular flexibility index (Phi) is 4.51. The molecular weight excluding hydrogens is 377 g/mol. The molecule has 4 rings (SSSR count). The molecule has 0 radical (unpaired) electrons. The number of aromatic carboxylic acids is 1. The van der Waals surface area contributed by atoms with Gasteiger partial charge >= 0.3 is 5.97 Å². The molecule has 2 N–H and O–H groups in total. The number of fused-ring (bicyclic) bond motifs is 1. The Bertz CT molecular complexity index is 1120. The van der Waals surface area contributed by atoms with Crippen LogP contribution in [-0.4, -0.2) is 17.0 Å². The van der Waals surface area contributed by atoms with Crippen molar-refractivity contribution in [3.05, 3.63) is 74.7 Å². The van der Waals surface area contributed by atoms with Gasteiger partial charge in [-0.25, -0.2) is 9.18 Å². The van der Waals surface area contributed by atoms with E-state index in [9.17, 15) is 19.1 Å². The minimum atomic E-state index is -1.09. The van der Waals surface area contributed by atoms with Gasteiger partial charge in [-0.2, -0.15) is 0 Å². The summed E-state index contributed by atoms with van der Waals surface area (Å²) in [4.78, 5) is 25.3. The fourth-order valence-electron chi connectivity index (χ4n) is 3.61. The first-order valence-corrected chi connectivity index (χ1v) is 9.69. The van der Waals surface area contributed by atoms with Gasteiger partial charge in [-0.3, -0.25) is 4.79 Å². The van der Waals surface area contributed by atoms with Crippen LogP contribution in [0.15, 0.2) is 42.5 Å². The smallest absolute Gasteiger partial charge is 0.346 e. The SMILES string of the molecule is Cc1ccc(C2CC(=O)Nc3c2sc(C(=O)O)c3-c2cccc(F)c2)cc1C. The fourth-order valence-corrected chi connectivity index (χ4v) is 4.85. The molecule has 0 saturated carbocycles. The molecule has 6 heteroatoms. The lowest BCUT2D eigenvalue weighted by Gasteiger charge is -2.24. The van der Waals surface area contributed by atoms with Crippen LogP contribution in [0.4, 0.5) is 10.1 Å². The van der Waals surface area contributed by atoms with E-state index in [4.69, 9.17) is 0 Å². The van der Waals surface area contributed by atoms with Crippen LogP contribution in [0.1, 0.15) is 43.6 Å². The molecule has 3 aromatic rings. The van der Waals surface area contributed by atoms with Crippen molar-refractivity contribution in [3.8, 4) is 11.1 Å². The minimum absolute atomic E-state index is 0.103. The van der Waals surface area contributed by atoms with E-state index in [0.717, 1.165) is 32.9 Å². The van der Waals surface area contributed by atoms with E-state index < -0.39 is 11.8 Å². The van der Waals surface area contributed by atoms with Gasteiger partial charge in [0.2, 0.25) is 5.91 Å². The summed E-state index contributed by atoms with van der Waals surface area (Å²) in [5.41, 5.74) is 4.54. The number of nitrogens with one attached hydrogen (secondary N) is 1. The van der Waals surface area contributed by atoms with Crippen molar-refractivity contribution in [2.75, 3.05) is 5.32 Å². The predicted molar refractivity (Wildman–Crippen MR) is 108 cm³/mol. The summed E-state index contributed by atoms with van der Waals surface area (Å²) in [7, 11) is 0. The second-order valence-electron chi connectivity index (χ2n) is 7.01. The van der Waals surface area contributed by atoms with E-state index in [1.54, 1.807) is 6.07 Å². The molecule has 2 heterocycles. The molecule has 1 aliphatic rings. The Balaban J connectivity index is 1.94. The van der Waals surface area contributed by atoms with Crippen LogP contribution in [-0.2, 0) is 4.79 Å². The van der Waals surface area contributed by atoms with E-state index in [-0.39, 0.29) is 23.1 Å². The Morgan fingerprint density at radius 2 is 1.96 bits per heavy atom. The summed E-state index contributed by atoms with van der Waals surface area (Å²) in [6.07, 6.45) is 0.248. The second-order valence-corrected chi connectivity index (χ2v) is 8.06. The maximum Gasteiger partial charge on any atom is 0.346 e. The summed E-state index contributed by atoms with van der Waals surface area (Å²) in [6.45, 7) is 4.03. The van der Waals surface area contributed by atoms with Crippen molar-refractivity contribution in [3.63, 3.8) is 0 Å². The lowest BCUT2D eigenvalue weighted by molar-refractivity contribution is -0.116. The van der Waals surface area contributed by atoms with Crippen molar-refractivity contribution in [1.29, 1.82) is 0 Å². The van der Waals surface area contributed by atoms with E-state index in [1.807, 2.05) is 32.0 Å². The van der Waals surface area contributed by atoms with Gasteiger partial charge in [0.1, 0.15) is 10.7 Å². The van der Waals surface area contributed by atoms with Crippen LogP contribution in [0.5, 0.6) is 0 Å². The molecule has 0 bridgehead atoms. The average molecular weight is 395 g/mol. The van der Waals surface area contributed by atoms with Gasteiger partial charge in [-0.05, 0) is 48.2 Å². The Morgan fingerprint density at radius 1 is 1.18 bits per heavy atom. The molecule has 2 aromatic carbocycles. The van der Waals surface area contributed by atoms with Crippen LogP contribution in [0.25, 0.3) is 11.1 Å². The molecule has 1 unspecified atom stereocenters. The molecule has 1 aliphatic heterocycles. The van der Waals surface area contributed by atoms with E-state index in [1.165, 1.54) is 18.2 Å². The van der Waals surface area contributed by atoms with Crippen LogP contribution in [0.3, 0.4) is 0 Å². The van der Waals surface area contributed by atoms with E-state index in [0.29, 0.717) is 16.8 Å². The summed E-state index contributed by atoms with van der Waals surface area (Å²) >= 11 is 1.15. The number of anilines is 1. The lowest BCUT2D eigenvalue weighted by atomic mass is 9.87. The fraction of sp³-hybridized carbons (Fsp3) is 0.182. The molecule has 0 spiro atoms. The van der Waals surface area contributed by atoms with Gasteiger partial charge < -0.3 is 10.4 Å². The molecule has 142 valence electrons. The average Bonchev–Trinajstić information content (AvgIpc) is 3.03. The lowest BCUT2D eigenvalue weighted by Crippen LogP contribution is -2.22. The number of carboxylic acid groups (broad SMARTS) is 1. The quantitative estimate of drug-likeness (QED) is 0.629. The second kappa shape index (κ2) is 6.87. The molecule has 1 amide bonds. The van der Waals surface area contributed by atoms with Crippen molar-refractivity contribution in [2.45, 2.75) is 26.2 Å². The highest BCUT2D eigenvalue weighted by atomic mass is 32.1. The Morgan fingerprint density at radius 3 is 2.64 bits per heavy atom. The molecule has 4 nitrogen and oxygen atoms in total. The van der Waals surface area contributed by atoms with Crippen molar-refractivity contribution < 1.29 is 19.1 Å². The normalized spacial score (nSPS) is 15.8. The molecule has 0 fully saturated rings. The summed E-state index contributed by atoms with van der Waals surface area (Å²) in [6, 6.07) is 11.8. The van der Waals surface area contributed by atoms with Crippen molar-refractivity contribution >= 4 is 28.9 Å². The monoisotopic (exact) mass is 395 g/mol. The molecule has 1 aromatic heterocycles.